The van der Waals surface area contributed by atoms with Gasteiger partial charge in [0.2, 0.25) is 16.0 Å². The van der Waals surface area contributed by atoms with Crippen molar-refractivity contribution >= 4 is 21.9 Å². The second-order valence-corrected chi connectivity index (χ2v) is 14.5. The number of benzene rings is 1. The molecule has 1 aliphatic heterocycles. The van der Waals surface area contributed by atoms with Gasteiger partial charge in [-0.05, 0) is 70.7 Å². The molecular weight excluding hydrogens is 537 g/mol. The number of aromatic nitrogens is 2. The molecule has 1 aromatic carbocycles. The van der Waals surface area contributed by atoms with E-state index in [0.29, 0.717) is 29.7 Å². The number of fused-ring (bicyclic) bond motifs is 3. The topological polar surface area (TPSA) is 108 Å². The van der Waals surface area contributed by atoms with Crippen molar-refractivity contribution in [2.45, 2.75) is 103 Å². The molecule has 0 radical (unpaired) electrons. The molecule has 2 heterocycles. The summed E-state index contributed by atoms with van der Waals surface area (Å²) in [5.41, 5.74) is 3.00. The summed E-state index contributed by atoms with van der Waals surface area (Å²) in [6.45, 7) is 13.1. The molecule has 0 spiro atoms. The van der Waals surface area contributed by atoms with Gasteiger partial charge in [0, 0.05) is 30.5 Å². The lowest BCUT2D eigenvalue weighted by molar-refractivity contribution is -0.303. The van der Waals surface area contributed by atoms with Crippen molar-refractivity contribution in [1.82, 2.24) is 9.97 Å². The lowest BCUT2D eigenvalue weighted by Gasteiger charge is -2.45. The summed E-state index contributed by atoms with van der Waals surface area (Å²) in [6.07, 6.45) is 1.19. The number of halogens is 1. The Morgan fingerprint density at radius 1 is 1.23 bits per heavy atom. The van der Waals surface area contributed by atoms with Crippen LogP contribution in [0.4, 0.5) is 10.3 Å². The van der Waals surface area contributed by atoms with Gasteiger partial charge in [-0.2, -0.15) is 0 Å². The summed E-state index contributed by atoms with van der Waals surface area (Å²) in [7, 11) is -2.18. The van der Waals surface area contributed by atoms with Crippen molar-refractivity contribution in [2.75, 3.05) is 17.6 Å². The second-order valence-electron chi connectivity index (χ2n) is 12.5. The van der Waals surface area contributed by atoms with Crippen LogP contribution < -0.4 is 4.31 Å². The molecule has 1 fully saturated rings. The zero-order valence-electron chi connectivity index (χ0n) is 24.7. The normalized spacial score (nSPS) is 22.4. The molecule has 11 heteroatoms. The van der Waals surface area contributed by atoms with Crippen LogP contribution in [0.1, 0.15) is 90.0 Å². The number of hydrogen-bond acceptors (Lipinski definition) is 8. The molecule has 3 atom stereocenters. The van der Waals surface area contributed by atoms with E-state index in [0.717, 1.165) is 21.8 Å². The third-order valence-electron chi connectivity index (χ3n) is 7.09. The Bertz CT molecular complexity index is 1400. The third-order valence-corrected chi connectivity index (χ3v) is 8.25. The molecular formula is C29H40FN3O6S. The molecule has 1 aliphatic carbocycles. The highest BCUT2D eigenvalue weighted by molar-refractivity contribution is 7.92. The maximum atomic E-state index is 14.7. The van der Waals surface area contributed by atoms with E-state index in [1.165, 1.54) is 19.2 Å². The van der Waals surface area contributed by atoms with Crippen LogP contribution in [0.15, 0.2) is 18.2 Å². The number of sulfonamides is 1. The summed E-state index contributed by atoms with van der Waals surface area (Å²) < 4.78 is 58.4. The maximum absolute atomic E-state index is 14.7. The summed E-state index contributed by atoms with van der Waals surface area (Å²) in [4.78, 5) is 22.0. The molecule has 9 nitrogen and oxygen atoms in total. The fraction of sp³-hybridized carbons (Fsp3) is 0.621. The highest BCUT2D eigenvalue weighted by atomic mass is 32.2. The molecule has 0 bridgehead atoms. The van der Waals surface area contributed by atoms with Crippen LogP contribution >= 0.6 is 0 Å². The molecule has 4 rings (SSSR count). The van der Waals surface area contributed by atoms with Gasteiger partial charge in [0.1, 0.15) is 11.4 Å². The van der Waals surface area contributed by atoms with Gasteiger partial charge in [-0.3, -0.25) is 4.79 Å². The van der Waals surface area contributed by atoms with Gasteiger partial charge in [-0.1, -0.05) is 13.8 Å². The van der Waals surface area contributed by atoms with Crippen LogP contribution in [-0.4, -0.2) is 61.3 Å². The Morgan fingerprint density at radius 3 is 2.50 bits per heavy atom. The average molecular weight is 578 g/mol. The Kier molecular flexibility index (Phi) is 8.07. The molecule has 0 amide bonds. The first kappa shape index (κ1) is 30.3. The van der Waals surface area contributed by atoms with Crippen molar-refractivity contribution < 1.29 is 31.8 Å². The van der Waals surface area contributed by atoms with Gasteiger partial charge in [0.05, 0.1) is 36.3 Å². The minimum atomic E-state index is -3.60. The predicted molar refractivity (Wildman–Crippen MR) is 150 cm³/mol. The van der Waals surface area contributed by atoms with Gasteiger partial charge in [-0.15, -0.1) is 0 Å². The Balaban J connectivity index is 1.78. The molecule has 2 aromatic rings. The largest absolute Gasteiger partial charge is 0.460 e. The van der Waals surface area contributed by atoms with Gasteiger partial charge < -0.3 is 14.2 Å². The van der Waals surface area contributed by atoms with E-state index in [1.807, 2.05) is 34.6 Å². The lowest BCUT2D eigenvalue weighted by atomic mass is 9.75. The number of ether oxygens (including phenoxy) is 3. The highest BCUT2D eigenvalue weighted by Crippen LogP contribution is 2.47. The minimum Gasteiger partial charge on any atom is -0.460 e. The van der Waals surface area contributed by atoms with Crippen molar-refractivity contribution in [3.63, 3.8) is 0 Å². The molecule has 0 saturated carbocycles. The Labute approximate surface area is 236 Å². The lowest BCUT2D eigenvalue weighted by Crippen LogP contribution is -2.48. The van der Waals surface area contributed by atoms with Gasteiger partial charge >= 0.3 is 5.97 Å². The maximum Gasteiger partial charge on any atom is 0.308 e. The van der Waals surface area contributed by atoms with E-state index in [4.69, 9.17) is 14.2 Å². The van der Waals surface area contributed by atoms with Crippen molar-refractivity contribution in [3.8, 4) is 11.3 Å². The zero-order chi connectivity index (χ0) is 29.8. The summed E-state index contributed by atoms with van der Waals surface area (Å²) >= 11 is 0. The van der Waals surface area contributed by atoms with Crippen LogP contribution in [0.3, 0.4) is 0 Å². The molecule has 0 unspecified atom stereocenters. The number of nitrogens with zero attached hydrogens (tertiary/aromatic N) is 3. The summed E-state index contributed by atoms with van der Waals surface area (Å²) in [5.74, 6) is -1.97. The van der Waals surface area contributed by atoms with Crippen molar-refractivity contribution in [1.29, 1.82) is 0 Å². The summed E-state index contributed by atoms with van der Waals surface area (Å²) in [6, 6.07) is 4.55. The number of rotatable bonds is 6. The van der Waals surface area contributed by atoms with Gasteiger partial charge in [0.15, 0.2) is 5.79 Å². The van der Waals surface area contributed by atoms with E-state index in [2.05, 4.69) is 9.97 Å². The molecule has 0 N–H and O–H groups in total. The van der Waals surface area contributed by atoms with Crippen LogP contribution in [0, 0.1) is 5.82 Å². The predicted octanol–water partition coefficient (Wildman–Crippen LogP) is 5.08. The average Bonchev–Trinajstić information content (AvgIpc) is 2.79. The highest BCUT2D eigenvalue weighted by Gasteiger charge is 2.43. The first-order chi connectivity index (χ1) is 18.3. The number of anilines is 1. The van der Waals surface area contributed by atoms with E-state index in [9.17, 15) is 17.6 Å². The number of hydrogen-bond donors (Lipinski definition) is 0. The summed E-state index contributed by atoms with van der Waals surface area (Å²) in [5, 5.41) is 0. The van der Waals surface area contributed by atoms with Gasteiger partial charge in [0.25, 0.3) is 0 Å². The molecule has 40 heavy (non-hydrogen) atoms. The molecule has 1 saturated heterocycles. The Morgan fingerprint density at radius 2 is 1.90 bits per heavy atom. The van der Waals surface area contributed by atoms with E-state index >= 15 is 0 Å². The van der Waals surface area contributed by atoms with E-state index in [1.54, 1.807) is 19.9 Å². The zero-order valence-corrected chi connectivity index (χ0v) is 25.6. The first-order valence-corrected chi connectivity index (χ1v) is 15.4. The van der Waals surface area contributed by atoms with Crippen LogP contribution in [0.25, 0.3) is 11.3 Å². The quantitative estimate of drug-likeness (QED) is 0.437. The smallest absolute Gasteiger partial charge is 0.308 e. The number of esters is 1. The van der Waals surface area contributed by atoms with E-state index < -0.39 is 39.4 Å². The fourth-order valence-corrected chi connectivity index (χ4v) is 5.87. The third kappa shape index (κ3) is 6.63. The number of carbonyl (C=O) groups excluding carboxylic acids is 1. The van der Waals surface area contributed by atoms with E-state index in [-0.39, 0.29) is 30.2 Å². The van der Waals surface area contributed by atoms with Crippen LogP contribution in [0.5, 0.6) is 0 Å². The van der Waals surface area contributed by atoms with Crippen LogP contribution in [-0.2, 0) is 35.4 Å². The standard InChI is InChI=1S/C29H40FN3O6S/c1-16(2)25-22-15-21(23-13-18(37-29(6,7)38-23)14-24(34)39-28(3,4)5)20-12-17(30)10-11-19(20)26(22)32-27(31-25)33(8)40(9,35)36/h10-12,16,18,21,23H,13-15H2,1-9H3/t18-,21-,23+/m1/s1. The molecule has 220 valence electrons. The fourth-order valence-electron chi connectivity index (χ4n) is 5.49. The van der Waals surface area contributed by atoms with Crippen molar-refractivity contribution in [3.05, 3.63) is 40.8 Å². The minimum absolute atomic E-state index is 0.0296. The van der Waals surface area contributed by atoms with Gasteiger partial charge in [-0.25, -0.2) is 27.1 Å². The molecule has 2 aliphatic rings. The number of carbonyl (C=O) groups is 1. The second kappa shape index (κ2) is 10.6. The molecule has 1 aromatic heterocycles. The monoisotopic (exact) mass is 577 g/mol. The first-order valence-electron chi connectivity index (χ1n) is 13.6. The van der Waals surface area contributed by atoms with Crippen molar-refractivity contribution in [2.24, 2.45) is 0 Å². The van der Waals surface area contributed by atoms with Crippen LogP contribution in [0.2, 0.25) is 0 Å². The SMILES string of the molecule is CC(C)c1nc(N(C)S(C)(=O)=O)nc2c1C[C@@H]([C@@H]1C[C@H](CC(=O)OC(C)(C)C)OC(C)(C)O1)c1cc(F)ccc1-2. The Hall–Kier alpha value is -2.63.